The Bertz CT molecular complexity index is 996. The molecule has 2 aromatic carbocycles. The number of hydrogen-bond donors (Lipinski definition) is 1. The minimum Gasteiger partial charge on any atom is -0.497 e. The van der Waals surface area contributed by atoms with E-state index in [2.05, 4.69) is 26.0 Å². The molecule has 1 amide bonds. The van der Waals surface area contributed by atoms with Crippen LogP contribution in [-0.2, 0) is 14.3 Å². The molecule has 0 fully saturated rings. The average molecular weight is 475 g/mol. The number of carbonyl (C=O) groups excluding carboxylic acids is 2. The molecule has 0 atom stereocenters. The van der Waals surface area contributed by atoms with Gasteiger partial charge in [-0.1, -0.05) is 15.9 Å². The summed E-state index contributed by atoms with van der Waals surface area (Å²) < 4.78 is 20.8. The third-order valence-corrected chi connectivity index (χ3v) is 4.56. The highest BCUT2D eigenvalue weighted by molar-refractivity contribution is 9.10. The maximum atomic E-state index is 12.5. The largest absolute Gasteiger partial charge is 0.497 e. The van der Waals surface area contributed by atoms with Gasteiger partial charge in [0.25, 0.3) is 5.91 Å². The van der Waals surface area contributed by atoms with E-state index in [1.807, 2.05) is 6.07 Å². The second-order valence-corrected chi connectivity index (χ2v) is 6.60. The Morgan fingerprint density at radius 2 is 1.80 bits per heavy atom. The van der Waals surface area contributed by atoms with E-state index in [9.17, 15) is 14.9 Å². The van der Waals surface area contributed by atoms with Crippen molar-refractivity contribution >= 4 is 39.6 Å². The number of amides is 1. The maximum Gasteiger partial charge on any atom is 0.343 e. The van der Waals surface area contributed by atoms with E-state index in [1.54, 1.807) is 43.5 Å². The topological polar surface area (TPSA) is 107 Å². The van der Waals surface area contributed by atoms with Gasteiger partial charge in [0.15, 0.2) is 18.1 Å². The molecule has 0 saturated carbocycles. The number of anilines is 1. The number of methoxy groups -OCH3 is 3. The molecule has 0 unspecified atom stereocenters. The first kappa shape index (κ1) is 22.8. The quantitative estimate of drug-likeness (QED) is 0.354. The molecule has 30 heavy (non-hydrogen) atoms. The van der Waals surface area contributed by atoms with Crippen molar-refractivity contribution in [1.82, 2.24) is 0 Å². The molecule has 9 heteroatoms. The minimum atomic E-state index is -0.570. The predicted octanol–water partition coefficient (Wildman–Crippen LogP) is 3.56. The summed E-state index contributed by atoms with van der Waals surface area (Å²) in [7, 11) is 4.23. The first-order valence-electron chi connectivity index (χ1n) is 8.56. The summed E-state index contributed by atoms with van der Waals surface area (Å²) in [4.78, 5) is 23.8. The van der Waals surface area contributed by atoms with Gasteiger partial charge in [0.05, 0.1) is 21.3 Å². The van der Waals surface area contributed by atoms with Gasteiger partial charge in [-0.25, -0.2) is 4.79 Å². The van der Waals surface area contributed by atoms with Crippen molar-refractivity contribution in [3.05, 3.63) is 52.0 Å². The van der Waals surface area contributed by atoms with Gasteiger partial charge in [-0.15, -0.1) is 0 Å². The SMILES string of the molecule is COC(=O)COc1cc(Br)c(/C=C(/C#N)C(=O)Nc2ccc(OC)cc2)cc1OC. The van der Waals surface area contributed by atoms with Crippen LogP contribution in [0.5, 0.6) is 17.2 Å². The molecular weight excluding hydrogens is 456 g/mol. The zero-order chi connectivity index (χ0) is 22.1. The lowest BCUT2D eigenvalue weighted by Gasteiger charge is -2.12. The number of hydrogen-bond acceptors (Lipinski definition) is 7. The van der Waals surface area contributed by atoms with Crippen LogP contribution >= 0.6 is 15.9 Å². The molecule has 0 aromatic heterocycles. The normalized spacial score (nSPS) is 10.6. The Balaban J connectivity index is 2.25. The number of nitriles is 1. The van der Waals surface area contributed by atoms with E-state index in [-0.39, 0.29) is 12.2 Å². The van der Waals surface area contributed by atoms with Crippen LogP contribution in [0.25, 0.3) is 6.08 Å². The van der Waals surface area contributed by atoms with E-state index in [4.69, 9.17) is 14.2 Å². The summed E-state index contributed by atoms with van der Waals surface area (Å²) >= 11 is 3.37. The lowest BCUT2D eigenvalue weighted by molar-refractivity contribution is -0.142. The van der Waals surface area contributed by atoms with Crippen molar-refractivity contribution in [3.63, 3.8) is 0 Å². The summed E-state index contributed by atoms with van der Waals surface area (Å²) in [5, 5.41) is 12.1. The summed E-state index contributed by atoms with van der Waals surface area (Å²) in [6.45, 7) is -0.289. The monoisotopic (exact) mass is 474 g/mol. The summed E-state index contributed by atoms with van der Waals surface area (Å²) in [5.74, 6) is 0.155. The van der Waals surface area contributed by atoms with Crippen LogP contribution in [0, 0.1) is 11.3 Å². The highest BCUT2D eigenvalue weighted by Gasteiger charge is 2.15. The first-order chi connectivity index (χ1) is 14.4. The molecule has 0 aliphatic carbocycles. The third-order valence-electron chi connectivity index (χ3n) is 3.87. The Morgan fingerprint density at radius 3 is 2.37 bits per heavy atom. The van der Waals surface area contributed by atoms with E-state index in [0.717, 1.165) is 0 Å². The number of esters is 1. The number of rotatable bonds is 8. The Kier molecular flexibility index (Phi) is 8.26. The molecular formula is C21H19BrN2O6. The highest BCUT2D eigenvalue weighted by atomic mass is 79.9. The van der Waals surface area contributed by atoms with Crippen LogP contribution in [0.15, 0.2) is 46.4 Å². The van der Waals surface area contributed by atoms with E-state index in [0.29, 0.717) is 33.0 Å². The van der Waals surface area contributed by atoms with Gasteiger partial charge in [-0.3, -0.25) is 4.79 Å². The number of carbonyl (C=O) groups is 2. The molecule has 2 rings (SSSR count). The molecule has 0 saturated heterocycles. The first-order valence-corrected chi connectivity index (χ1v) is 9.35. The Labute approximate surface area is 182 Å². The van der Waals surface area contributed by atoms with Crippen molar-refractivity contribution < 1.29 is 28.5 Å². The van der Waals surface area contributed by atoms with Crippen LogP contribution in [0.2, 0.25) is 0 Å². The van der Waals surface area contributed by atoms with E-state index in [1.165, 1.54) is 20.3 Å². The van der Waals surface area contributed by atoms with Crippen molar-refractivity contribution in [3.8, 4) is 23.3 Å². The van der Waals surface area contributed by atoms with Crippen LogP contribution in [0.1, 0.15) is 5.56 Å². The Hall–Kier alpha value is -3.51. The maximum absolute atomic E-state index is 12.5. The highest BCUT2D eigenvalue weighted by Crippen LogP contribution is 2.34. The predicted molar refractivity (Wildman–Crippen MR) is 113 cm³/mol. The number of halogens is 1. The Morgan fingerprint density at radius 1 is 1.10 bits per heavy atom. The van der Waals surface area contributed by atoms with Crippen molar-refractivity contribution in [2.45, 2.75) is 0 Å². The molecule has 156 valence electrons. The molecule has 0 spiro atoms. The zero-order valence-corrected chi connectivity index (χ0v) is 18.1. The van der Waals surface area contributed by atoms with Gasteiger partial charge < -0.3 is 24.3 Å². The number of benzene rings is 2. The number of ether oxygens (including phenoxy) is 4. The molecule has 1 N–H and O–H groups in total. The van der Waals surface area contributed by atoms with Crippen LogP contribution in [-0.4, -0.2) is 39.8 Å². The van der Waals surface area contributed by atoms with Crippen LogP contribution in [0.4, 0.5) is 5.69 Å². The third kappa shape index (κ3) is 5.99. The fourth-order valence-electron chi connectivity index (χ4n) is 2.31. The standard InChI is InChI=1S/C21H19BrN2O6/c1-27-16-6-4-15(5-7-16)24-21(26)14(11-23)8-13-9-18(28-2)19(10-17(13)22)30-12-20(25)29-3/h4-10H,12H2,1-3H3,(H,24,26)/b14-8-. The number of nitrogens with one attached hydrogen (secondary N) is 1. The molecule has 0 radical (unpaired) electrons. The van der Waals surface area contributed by atoms with Crippen molar-refractivity contribution in [2.75, 3.05) is 33.3 Å². The summed E-state index contributed by atoms with van der Waals surface area (Å²) in [6.07, 6.45) is 1.41. The van der Waals surface area contributed by atoms with Gasteiger partial charge >= 0.3 is 5.97 Å². The fourth-order valence-corrected chi connectivity index (χ4v) is 2.74. The fraction of sp³-hybridized carbons (Fsp3) is 0.190. The molecule has 0 aliphatic rings. The van der Waals surface area contributed by atoms with Crippen molar-refractivity contribution in [1.29, 1.82) is 5.26 Å². The van der Waals surface area contributed by atoms with Gasteiger partial charge in [0, 0.05) is 10.2 Å². The summed E-state index contributed by atoms with van der Waals surface area (Å²) in [6, 6.07) is 11.8. The van der Waals surface area contributed by atoms with Crippen LogP contribution < -0.4 is 19.5 Å². The lowest BCUT2D eigenvalue weighted by Crippen LogP contribution is -2.13. The summed E-state index contributed by atoms with van der Waals surface area (Å²) in [5.41, 5.74) is 0.917. The molecule has 2 aromatic rings. The van der Waals surface area contributed by atoms with Gasteiger partial charge in [0.1, 0.15) is 17.4 Å². The minimum absolute atomic E-state index is 0.114. The molecule has 8 nitrogen and oxygen atoms in total. The second kappa shape index (κ2) is 10.9. The molecule has 0 heterocycles. The molecule has 0 bridgehead atoms. The number of nitrogens with zero attached hydrogens (tertiary/aromatic N) is 1. The van der Waals surface area contributed by atoms with E-state index < -0.39 is 11.9 Å². The van der Waals surface area contributed by atoms with Gasteiger partial charge in [-0.2, -0.15) is 5.26 Å². The average Bonchev–Trinajstić information content (AvgIpc) is 2.76. The second-order valence-electron chi connectivity index (χ2n) is 5.74. The van der Waals surface area contributed by atoms with Gasteiger partial charge in [-0.05, 0) is 48.0 Å². The van der Waals surface area contributed by atoms with Crippen molar-refractivity contribution in [2.24, 2.45) is 0 Å². The lowest BCUT2D eigenvalue weighted by atomic mass is 10.1. The van der Waals surface area contributed by atoms with Crippen LogP contribution in [0.3, 0.4) is 0 Å². The smallest absolute Gasteiger partial charge is 0.343 e. The van der Waals surface area contributed by atoms with E-state index >= 15 is 0 Å². The zero-order valence-electron chi connectivity index (χ0n) is 16.5. The van der Waals surface area contributed by atoms with Gasteiger partial charge in [0.2, 0.25) is 0 Å². The molecule has 0 aliphatic heterocycles.